The zero-order valence-corrected chi connectivity index (χ0v) is 14.4. The van der Waals surface area contributed by atoms with Crippen LogP contribution in [0.5, 0.6) is 0 Å². The van der Waals surface area contributed by atoms with Gasteiger partial charge in [0.05, 0.1) is 6.54 Å². The normalized spacial score (nSPS) is 25.1. The van der Waals surface area contributed by atoms with Crippen LogP contribution >= 0.6 is 12.4 Å². The van der Waals surface area contributed by atoms with Crippen molar-refractivity contribution < 1.29 is 9.59 Å². The van der Waals surface area contributed by atoms with Crippen molar-refractivity contribution in [2.24, 2.45) is 17.1 Å². The maximum atomic E-state index is 12.1. The van der Waals surface area contributed by atoms with Gasteiger partial charge in [-0.05, 0) is 30.7 Å². The van der Waals surface area contributed by atoms with E-state index in [0.717, 1.165) is 25.3 Å². The summed E-state index contributed by atoms with van der Waals surface area (Å²) in [6, 6.07) is 0. The van der Waals surface area contributed by atoms with Crippen LogP contribution in [0.3, 0.4) is 0 Å². The number of nitrogens with zero attached hydrogens (tertiary/aromatic N) is 1. The number of hydrogen-bond acceptors (Lipinski definition) is 3. The first kappa shape index (κ1) is 19.2. The molecular weight excluding hydrogens is 302 g/mol. The number of halogens is 1. The lowest BCUT2D eigenvalue weighted by Gasteiger charge is -2.22. The highest BCUT2D eigenvalue weighted by Crippen LogP contribution is 2.29. The van der Waals surface area contributed by atoms with Crippen LogP contribution in [-0.2, 0) is 9.59 Å². The molecule has 2 amide bonds. The first-order chi connectivity index (χ1) is 10.0. The Hall–Kier alpha value is -0.810. The second-order valence-corrected chi connectivity index (χ2v) is 7.05. The quantitative estimate of drug-likeness (QED) is 0.777. The van der Waals surface area contributed by atoms with Crippen LogP contribution < -0.4 is 11.1 Å². The average molecular weight is 332 g/mol. The molecule has 2 aliphatic rings. The summed E-state index contributed by atoms with van der Waals surface area (Å²) in [5, 5.41) is 2.77. The lowest BCUT2D eigenvalue weighted by molar-refractivity contribution is -0.132. The van der Waals surface area contributed by atoms with Gasteiger partial charge in [0.15, 0.2) is 0 Å². The predicted octanol–water partition coefficient (Wildman–Crippen LogP) is 1.69. The summed E-state index contributed by atoms with van der Waals surface area (Å²) in [5.74, 6) is 0.743. The molecule has 1 aliphatic carbocycles. The first-order valence-corrected chi connectivity index (χ1v) is 8.27. The third kappa shape index (κ3) is 5.43. The number of nitrogens with two attached hydrogens (primary N) is 1. The van der Waals surface area contributed by atoms with Gasteiger partial charge in [-0.2, -0.15) is 0 Å². The van der Waals surface area contributed by atoms with Gasteiger partial charge in [0, 0.05) is 19.5 Å². The Kier molecular flexibility index (Phi) is 7.63. The molecular formula is C16H30ClN3O2. The van der Waals surface area contributed by atoms with Crippen molar-refractivity contribution >= 4 is 24.2 Å². The first-order valence-electron chi connectivity index (χ1n) is 8.27. The SMILES string of the molecule is CC1(CN)CCN(C(=O)CNC(=O)CCC2CCCC2)C1.Cl. The fourth-order valence-corrected chi connectivity index (χ4v) is 3.41. The molecule has 2 fully saturated rings. The Bertz CT molecular complexity index is 386. The molecule has 1 heterocycles. The third-order valence-electron chi connectivity index (χ3n) is 5.09. The number of nitrogens with one attached hydrogen (secondary N) is 1. The van der Waals surface area contributed by atoms with Gasteiger partial charge in [0.2, 0.25) is 11.8 Å². The van der Waals surface area contributed by atoms with Crippen LogP contribution in [0.2, 0.25) is 0 Å². The van der Waals surface area contributed by atoms with Crippen LogP contribution in [-0.4, -0.2) is 42.9 Å². The maximum Gasteiger partial charge on any atom is 0.241 e. The lowest BCUT2D eigenvalue weighted by atomic mass is 9.90. The molecule has 0 radical (unpaired) electrons. The minimum absolute atomic E-state index is 0. The van der Waals surface area contributed by atoms with Crippen molar-refractivity contribution in [2.45, 2.75) is 51.9 Å². The molecule has 3 N–H and O–H groups in total. The van der Waals surface area contributed by atoms with E-state index < -0.39 is 0 Å². The summed E-state index contributed by atoms with van der Waals surface area (Å²) in [7, 11) is 0. The number of amides is 2. The molecule has 1 unspecified atom stereocenters. The van der Waals surface area contributed by atoms with Crippen molar-refractivity contribution in [1.29, 1.82) is 0 Å². The molecule has 2 rings (SSSR count). The van der Waals surface area contributed by atoms with E-state index in [2.05, 4.69) is 12.2 Å². The highest BCUT2D eigenvalue weighted by molar-refractivity contribution is 5.85. The molecule has 6 heteroatoms. The lowest BCUT2D eigenvalue weighted by Crippen LogP contribution is -2.40. The molecule has 1 atom stereocenters. The predicted molar refractivity (Wildman–Crippen MR) is 89.8 cm³/mol. The van der Waals surface area contributed by atoms with Crippen molar-refractivity contribution in [3.05, 3.63) is 0 Å². The smallest absolute Gasteiger partial charge is 0.241 e. The number of carbonyl (C=O) groups excluding carboxylic acids is 2. The van der Waals surface area contributed by atoms with Gasteiger partial charge >= 0.3 is 0 Å². The Morgan fingerprint density at radius 3 is 2.59 bits per heavy atom. The maximum absolute atomic E-state index is 12.1. The Labute approximate surface area is 139 Å². The molecule has 5 nitrogen and oxygen atoms in total. The summed E-state index contributed by atoms with van der Waals surface area (Å²) >= 11 is 0. The van der Waals surface area contributed by atoms with Gasteiger partial charge in [0.25, 0.3) is 0 Å². The van der Waals surface area contributed by atoms with Crippen molar-refractivity contribution in [3.8, 4) is 0 Å². The standard InChI is InChI=1S/C16H29N3O2.ClH/c1-16(11-17)8-9-19(12-16)15(21)10-18-14(20)7-6-13-4-2-3-5-13;/h13H,2-12,17H2,1H3,(H,18,20);1H. The molecule has 1 aliphatic heterocycles. The largest absolute Gasteiger partial charge is 0.347 e. The van der Waals surface area contributed by atoms with E-state index in [-0.39, 0.29) is 36.2 Å². The molecule has 0 bridgehead atoms. The fraction of sp³-hybridized carbons (Fsp3) is 0.875. The topological polar surface area (TPSA) is 75.4 Å². The van der Waals surface area contributed by atoms with Crippen molar-refractivity contribution in [1.82, 2.24) is 10.2 Å². The van der Waals surface area contributed by atoms with Crippen LogP contribution in [0, 0.1) is 11.3 Å². The molecule has 0 aromatic heterocycles. The summed E-state index contributed by atoms with van der Waals surface area (Å²) in [6.07, 6.45) is 7.60. The summed E-state index contributed by atoms with van der Waals surface area (Å²) < 4.78 is 0. The highest BCUT2D eigenvalue weighted by atomic mass is 35.5. The van der Waals surface area contributed by atoms with Gasteiger partial charge < -0.3 is 16.0 Å². The van der Waals surface area contributed by atoms with Gasteiger partial charge in [-0.1, -0.05) is 32.6 Å². The minimum Gasteiger partial charge on any atom is -0.347 e. The van der Waals surface area contributed by atoms with E-state index in [1.54, 1.807) is 0 Å². The molecule has 1 saturated heterocycles. The Morgan fingerprint density at radius 2 is 2.00 bits per heavy atom. The van der Waals surface area contributed by atoms with Crippen LogP contribution in [0.4, 0.5) is 0 Å². The summed E-state index contributed by atoms with van der Waals surface area (Å²) in [5.41, 5.74) is 5.79. The molecule has 1 saturated carbocycles. The molecule has 128 valence electrons. The average Bonchev–Trinajstić information content (AvgIpc) is 3.12. The van der Waals surface area contributed by atoms with Crippen LogP contribution in [0.1, 0.15) is 51.9 Å². The minimum atomic E-state index is 0. The van der Waals surface area contributed by atoms with E-state index in [1.165, 1.54) is 25.7 Å². The number of rotatable bonds is 6. The molecule has 22 heavy (non-hydrogen) atoms. The van der Waals surface area contributed by atoms with E-state index in [0.29, 0.717) is 19.5 Å². The number of hydrogen-bond donors (Lipinski definition) is 2. The second-order valence-electron chi connectivity index (χ2n) is 7.05. The van der Waals surface area contributed by atoms with Gasteiger partial charge in [0.1, 0.15) is 0 Å². The molecule has 0 aromatic rings. The number of likely N-dealkylation sites (tertiary alicyclic amines) is 1. The van der Waals surface area contributed by atoms with E-state index in [9.17, 15) is 9.59 Å². The van der Waals surface area contributed by atoms with Crippen molar-refractivity contribution in [3.63, 3.8) is 0 Å². The molecule has 0 aromatic carbocycles. The van der Waals surface area contributed by atoms with E-state index in [4.69, 9.17) is 5.73 Å². The van der Waals surface area contributed by atoms with Crippen LogP contribution in [0.15, 0.2) is 0 Å². The Balaban J connectivity index is 0.00000242. The second kappa shape index (κ2) is 8.73. The van der Waals surface area contributed by atoms with Gasteiger partial charge in [-0.15, -0.1) is 12.4 Å². The van der Waals surface area contributed by atoms with E-state index >= 15 is 0 Å². The monoisotopic (exact) mass is 331 g/mol. The zero-order valence-electron chi connectivity index (χ0n) is 13.6. The number of carbonyl (C=O) groups is 2. The fourth-order valence-electron chi connectivity index (χ4n) is 3.41. The zero-order chi connectivity index (χ0) is 15.3. The summed E-state index contributed by atoms with van der Waals surface area (Å²) in [6.45, 7) is 4.31. The van der Waals surface area contributed by atoms with E-state index in [1.807, 2.05) is 4.90 Å². The highest BCUT2D eigenvalue weighted by Gasteiger charge is 2.34. The molecule has 0 spiro atoms. The van der Waals surface area contributed by atoms with Crippen LogP contribution in [0.25, 0.3) is 0 Å². The van der Waals surface area contributed by atoms with Crippen molar-refractivity contribution in [2.75, 3.05) is 26.2 Å². The third-order valence-corrected chi connectivity index (χ3v) is 5.09. The summed E-state index contributed by atoms with van der Waals surface area (Å²) in [4.78, 5) is 25.7. The van der Waals surface area contributed by atoms with Gasteiger partial charge in [-0.3, -0.25) is 9.59 Å². The Morgan fingerprint density at radius 1 is 1.32 bits per heavy atom. The van der Waals surface area contributed by atoms with Gasteiger partial charge in [-0.25, -0.2) is 0 Å².